The summed E-state index contributed by atoms with van der Waals surface area (Å²) >= 11 is 0. The minimum Gasteiger partial charge on any atom is -0.462 e. The van der Waals surface area contributed by atoms with Gasteiger partial charge in [0.15, 0.2) is 6.10 Å². The van der Waals surface area contributed by atoms with Gasteiger partial charge in [0.25, 0.3) is 0 Å². The summed E-state index contributed by atoms with van der Waals surface area (Å²) in [6.07, 6.45) is 90.8. The van der Waals surface area contributed by atoms with Gasteiger partial charge in [-0.1, -0.05) is 338 Å². The number of carbonyl (C=O) groups is 3. The molecule has 470 valence electrons. The number of hydrogen-bond acceptors (Lipinski definition) is 6. The van der Waals surface area contributed by atoms with Crippen LogP contribution < -0.4 is 0 Å². The van der Waals surface area contributed by atoms with Gasteiger partial charge in [-0.25, -0.2) is 0 Å². The molecule has 6 nitrogen and oxygen atoms in total. The van der Waals surface area contributed by atoms with Gasteiger partial charge >= 0.3 is 17.9 Å². The maximum Gasteiger partial charge on any atom is 0.306 e. The number of carbonyl (C=O) groups excluding carboxylic acids is 3. The molecule has 0 spiro atoms. The summed E-state index contributed by atoms with van der Waals surface area (Å²) in [5.41, 5.74) is 0. The van der Waals surface area contributed by atoms with Crippen LogP contribution in [0.3, 0.4) is 0 Å². The minimum atomic E-state index is -0.800. The third-order valence-corrected chi connectivity index (χ3v) is 15.7. The SMILES string of the molecule is CC/C=C\C/C=C\C/C=C\C/C=C\C/C=C\CCCC(=O)OCC(COC(=O)CCCCCCCCCCCCCCCCCCCCCCCCCCC)OC(=O)CCCCCCCCCCC/C=C\CCCCCCCCCC. The van der Waals surface area contributed by atoms with Crippen molar-refractivity contribution < 1.29 is 28.6 Å². The summed E-state index contributed by atoms with van der Waals surface area (Å²) in [4.78, 5) is 38.4. The Morgan fingerprint density at radius 2 is 0.494 bits per heavy atom. The van der Waals surface area contributed by atoms with E-state index in [2.05, 4.69) is 93.7 Å². The van der Waals surface area contributed by atoms with Crippen LogP contribution in [-0.4, -0.2) is 37.2 Å². The highest BCUT2D eigenvalue weighted by Crippen LogP contribution is 2.18. The summed E-state index contributed by atoms with van der Waals surface area (Å²) < 4.78 is 16.9. The van der Waals surface area contributed by atoms with Gasteiger partial charge in [0.05, 0.1) is 0 Å². The van der Waals surface area contributed by atoms with Crippen LogP contribution in [0, 0.1) is 0 Å². The molecule has 0 aliphatic heterocycles. The van der Waals surface area contributed by atoms with E-state index in [-0.39, 0.29) is 37.5 Å². The molecule has 6 heteroatoms. The zero-order chi connectivity index (χ0) is 58.5. The summed E-state index contributed by atoms with van der Waals surface area (Å²) in [7, 11) is 0. The van der Waals surface area contributed by atoms with E-state index < -0.39 is 6.10 Å². The molecule has 0 fully saturated rings. The van der Waals surface area contributed by atoms with E-state index in [1.54, 1.807) is 0 Å². The van der Waals surface area contributed by atoms with Gasteiger partial charge in [0.2, 0.25) is 0 Å². The van der Waals surface area contributed by atoms with Crippen molar-refractivity contribution >= 4 is 17.9 Å². The average Bonchev–Trinajstić information content (AvgIpc) is 3.47. The zero-order valence-corrected chi connectivity index (χ0v) is 54.1. The molecule has 0 N–H and O–H groups in total. The molecular weight excluding hydrogens is 997 g/mol. The molecule has 0 saturated heterocycles. The Balaban J connectivity index is 4.35. The van der Waals surface area contributed by atoms with Crippen LogP contribution in [0.15, 0.2) is 72.9 Å². The topological polar surface area (TPSA) is 78.9 Å². The summed E-state index contributed by atoms with van der Waals surface area (Å²) in [5.74, 6) is -0.932. The molecule has 0 saturated carbocycles. The van der Waals surface area contributed by atoms with Crippen LogP contribution in [0.5, 0.6) is 0 Å². The molecule has 1 atom stereocenters. The molecule has 0 bridgehead atoms. The lowest BCUT2D eigenvalue weighted by Crippen LogP contribution is -2.30. The Kier molecular flexibility index (Phi) is 66.6. The fraction of sp³-hybridized carbons (Fsp3) is 0.800. The summed E-state index contributed by atoms with van der Waals surface area (Å²) in [5, 5.41) is 0. The monoisotopic (exact) mass is 1130 g/mol. The third kappa shape index (κ3) is 67.5. The van der Waals surface area contributed by atoms with Crippen LogP contribution in [0.4, 0.5) is 0 Å². The molecule has 0 rings (SSSR count). The first-order chi connectivity index (χ1) is 40.0. The Morgan fingerprint density at radius 1 is 0.259 bits per heavy atom. The molecule has 0 amide bonds. The van der Waals surface area contributed by atoms with Crippen LogP contribution in [-0.2, 0) is 28.6 Å². The van der Waals surface area contributed by atoms with Crippen molar-refractivity contribution in [3.8, 4) is 0 Å². The number of unbranched alkanes of at least 4 members (excludes halogenated alkanes) is 42. The molecule has 0 aliphatic rings. The quantitative estimate of drug-likeness (QED) is 0.0261. The van der Waals surface area contributed by atoms with Crippen molar-refractivity contribution in [3.63, 3.8) is 0 Å². The lowest BCUT2D eigenvalue weighted by Gasteiger charge is -2.18. The van der Waals surface area contributed by atoms with Crippen molar-refractivity contribution in [2.75, 3.05) is 13.2 Å². The fourth-order valence-corrected chi connectivity index (χ4v) is 10.4. The van der Waals surface area contributed by atoms with E-state index in [0.717, 1.165) is 77.0 Å². The second-order valence-corrected chi connectivity index (χ2v) is 23.8. The van der Waals surface area contributed by atoms with Crippen molar-refractivity contribution in [2.45, 2.75) is 374 Å². The Hall–Kier alpha value is -3.15. The lowest BCUT2D eigenvalue weighted by molar-refractivity contribution is -0.167. The number of allylic oxidation sites excluding steroid dienone is 12. The first-order valence-corrected chi connectivity index (χ1v) is 35.4. The highest BCUT2D eigenvalue weighted by atomic mass is 16.6. The Bertz CT molecular complexity index is 1490. The molecule has 0 heterocycles. The smallest absolute Gasteiger partial charge is 0.306 e. The first-order valence-electron chi connectivity index (χ1n) is 35.4. The predicted molar refractivity (Wildman–Crippen MR) is 353 cm³/mol. The third-order valence-electron chi connectivity index (χ3n) is 15.7. The highest BCUT2D eigenvalue weighted by Gasteiger charge is 2.19. The maximum absolute atomic E-state index is 13.0. The van der Waals surface area contributed by atoms with E-state index in [0.29, 0.717) is 19.3 Å². The van der Waals surface area contributed by atoms with Gasteiger partial charge in [-0.05, 0) is 83.5 Å². The molecule has 1 unspecified atom stereocenters. The molecular formula is C75H134O6. The number of rotatable bonds is 65. The second-order valence-electron chi connectivity index (χ2n) is 23.8. The van der Waals surface area contributed by atoms with Gasteiger partial charge in [-0.3, -0.25) is 14.4 Å². The Labute approximate surface area is 503 Å². The Morgan fingerprint density at radius 3 is 0.815 bits per heavy atom. The van der Waals surface area contributed by atoms with E-state index in [1.165, 1.54) is 244 Å². The van der Waals surface area contributed by atoms with Gasteiger partial charge in [0, 0.05) is 19.3 Å². The van der Waals surface area contributed by atoms with Gasteiger partial charge in [0.1, 0.15) is 13.2 Å². The number of esters is 3. The van der Waals surface area contributed by atoms with Gasteiger partial charge < -0.3 is 14.2 Å². The van der Waals surface area contributed by atoms with Gasteiger partial charge in [-0.2, -0.15) is 0 Å². The van der Waals surface area contributed by atoms with Crippen molar-refractivity contribution in [1.82, 2.24) is 0 Å². The summed E-state index contributed by atoms with van der Waals surface area (Å²) in [6.45, 7) is 6.54. The minimum absolute atomic E-state index is 0.0904. The van der Waals surface area contributed by atoms with Crippen molar-refractivity contribution in [3.05, 3.63) is 72.9 Å². The standard InChI is InChI=1S/C75H134O6/c1-4-7-10-13-16-19-22-25-28-31-33-35-36-37-38-40-41-44-47-50-53-56-59-62-65-68-74(77)80-71-72(70-79-73(76)67-64-61-58-55-52-49-46-43-30-27-24-21-18-15-12-9-6-3)81-75(78)69-66-63-60-57-54-51-48-45-42-39-34-32-29-26-23-20-17-14-11-8-5-2/h9,12,18,21,27,30,32,34,46,49,55,58,72H,4-8,10-11,13-17,19-20,22-26,28-29,31,33,35-45,47-48,50-54,56-57,59-71H2,1-3H3/b12-9-,21-18-,30-27-,34-32-,49-46-,58-55-. The van der Waals surface area contributed by atoms with E-state index in [4.69, 9.17) is 14.2 Å². The fourth-order valence-electron chi connectivity index (χ4n) is 10.4. The molecule has 0 aromatic rings. The second kappa shape index (κ2) is 69.3. The molecule has 81 heavy (non-hydrogen) atoms. The average molecular weight is 1130 g/mol. The normalized spacial score (nSPS) is 12.5. The van der Waals surface area contributed by atoms with Crippen LogP contribution >= 0.6 is 0 Å². The molecule has 0 radical (unpaired) electrons. The van der Waals surface area contributed by atoms with Crippen LogP contribution in [0.2, 0.25) is 0 Å². The number of ether oxygens (including phenoxy) is 3. The van der Waals surface area contributed by atoms with Crippen LogP contribution in [0.25, 0.3) is 0 Å². The van der Waals surface area contributed by atoms with E-state index in [9.17, 15) is 14.4 Å². The van der Waals surface area contributed by atoms with Gasteiger partial charge in [-0.15, -0.1) is 0 Å². The summed E-state index contributed by atoms with van der Waals surface area (Å²) in [6, 6.07) is 0. The molecule has 0 aromatic carbocycles. The first kappa shape index (κ1) is 77.9. The molecule has 0 aliphatic carbocycles. The van der Waals surface area contributed by atoms with E-state index in [1.807, 2.05) is 0 Å². The predicted octanol–water partition coefficient (Wildman–Crippen LogP) is 24.4. The van der Waals surface area contributed by atoms with Crippen molar-refractivity contribution in [2.24, 2.45) is 0 Å². The number of hydrogen-bond donors (Lipinski definition) is 0. The van der Waals surface area contributed by atoms with Crippen LogP contribution in [0.1, 0.15) is 367 Å². The highest BCUT2D eigenvalue weighted by molar-refractivity contribution is 5.71. The van der Waals surface area contributed by atoms with E-state index >= 15 is 0 Å². The van der Waals surface area contributed by atoms with Crippen molar-refractivity contribution in [1.29, 1.82) is 0 Å². The zero-order valence-electron chi connectivity index (χ0n) is 54.1. The lowest BCUT2D eigenvalue weighted by atomic mass is 10.0. The maximum atomic E-state index is 13.0. The molecule has 0 aromatic heterocycles. The largest absolute Gasteiger partial charge is 0.462 e.